The van der Waals surface area contributed by atoms with Crippen LogP contribution in [-0.4, -0.2) is 85.1 Å². The number of Topliss-reactive ketones (excluding diaryl/α,β-unsaturated/α-hetero) is 3. The Morgan fingerprint density at radius 2 is 1.78 bits per heavy atom. The molecule has 3 unspecified atom stereocenters. The van der Waals surface area contributed by atoms with E-state index in [0.29, 0.717) is 5.56 Å². The number of aliphatic hydroxyl groups is 5. The lowest BCUT2D eigenvalue weighted by Gasteiger charge is -2.51. The second-order valence-corrected chi connectivity index (χ2v) is 10.4. The fourth-order valence-electron chi connectivity index (χ4n) is 6.02. The van der Waals surface area contributed by atoms with Crippen molar-refractivity contribution in [1.29, 1.82) is 0 Å². The molecule has 2 fully saturated rings. The van der Waals surface area contributed by atoms with Gasteiger partial charge in [-0.3, -0.25) is 14.4 Å². The zero-order valence-corrected chi connectivity index (χ0v) is 20.0. The molecule has 1 saturated carbocycles. The van der Waals surface area contributed by atoms with E-state index in [2.05, 4.69) is 0 Å². The third kappa shape index (κ3) is 3.22. The molecule has 0 amide bonds. The van der Waals surface area contributed by atoms with E-state index in [9.17, 15) is 39.9 Å². The molecule has 1 aromatic rings. The van der Waals surface area contributed by atoms with Crippen LogP contribution in [0, 0.1) is 0 Å². The number of ketones is 3. The predicted octanol–water partition coefficient (Wildman–Crippen LogP) is 0.0884. The molecule has 3 aliphatic carbocycles. The zero-order chi connectivity index (χ0) is 26.4. The SMILES string of the molecule is COc1c([C@H]2C[C@@H](O)[C@@H](O)[C@@H](C)O2)ccc2c1C(=O)C1=C(C2=O)C2(O)C(=O)CC(C)(O)CC2(O)C=C1. The maximum Gasteiger partial charge on any atom is 0.198 e. The maximum absolute atomic E-state index is 13.7. The molecule has 36 heavy (non-hydrogen) atoms. The smallest absolute Gasteiger partial charge is 0.198 e. The van der Waals surface area contributed by atoms with E-state index in [1.54, 1.807) is 6.92 Å². The summed E-state index contributed by atoms with van der Waals surface area (Å²) >= 11 is 0. The fourth-order valence-corrected chi connectivity index (χ4v) is 6.02. The molecule has 10 heteroatoms. The van der Waals surface area contributed by atoms with E-state index >= 15 is 0 Å². The van der Waals surface area contributed by atoms with Gasteiger partial charge in [-0.2, -0.15) is 0 Å². The largest absolute Gasteiger partial charge is 0.496 e. The van der Waals surface area contributed by atoms with Gasteiger partial charge in [0.15, 0.2) is 23.0 Å². The van der Waals surface area contributed by atoms with Gasteiger partial charge in [0.2, 0.25) is 0 Å². The third-order valence-electron chi connectivity index (χ3n) is 7.77. The van der Waals surface area contributed by atoms with Gasteiger partial charge in [0.05, 0.1) is 42.2 Å². The first kappa shape index (κ1) is 24.9. The Labute approximate surface area is 206 Å². The molecule has 4 aliphatic rings. The van der Waals surface area contributed by atoms with E-state index in [-0.39, 0.29) is 28.9 Å². The molecule has 192 valence electrons. The summed E-state index contributed by atoms with van der Waals surface area (Å²) in [6, 6.07) is 2.85. The molecule has 1 heterocycles. The van der Waals surface area contributed by atoms with Crippen molar-refractivity contribution in [2.24, 2.45) is 0 Å². The zero-order valence-electron chi connectivity index (χ0n) is 20.0. The summed E-state index contributed by atoms with van der Waals surface area (Å²) in [5.41, 5.74) is -7.22. The number of aliphatic hydroxyl groups excluding tert-OH is 2. The van der Waals surface area contributed by atoms with Crippen molar-refractivity contribution in [3.05, 3.63) is 52.1 Å². The van der Waals surface area contributed by atoms with Crippen molar-refractivity contribution in [3.8, 4) is 5.75 Å². The van der Waals surface area contributed by atoms with Crippen LogP contribution in [0.15, 0.2) is 35.4 Å². The highest BCUT2D eigenvalue weighted by Crippen LogP contribution is 2.52. The molecule has 1 aromatic carbocycles. The predicted molar refractivity (Wildman–Crippen MR) is 123 cm³/mol. The van der Waals surface area contributed by atoms with E-state index < -0.39 is 77.0 Å². The normalized spacial score (nSPS) is 40.1. The summed E-state index contributed by atoms with van der Waals surface area (Å²) in [5.74, 6) is -2.45. The van der Waals surface area contributed by atoms with Crippen LogP contribution in [-0.2, 0) is 9.53 Å². The van der Waals surface area contributed by atoms with Crippen LogP contribution in [0.2, 0.25) is 0 Å². The van der Waals surface area contributed by atoms with Crippen LogP contribution < -0.4 is 4.74 Å². The van der Waals surface area contributed by atoms with Gasteiger partial charge in [0.1, 0.15) is 17.5 Å². The second kappa shape index (κ2) is 7.88. The number of benzene rings is 1. The first-order chi connectivity index (χ1) is 16.8. The number of methoxy groups -OCH3 is 1. The Hall–Kier alpha value is -2.73. The quantitative estimate of drug-likeness (QED) is 0.375. The molecule has 0 radical (unpaired) electrons. The molecule has 5 N–H and O–H groups in total. The molecule has 1 aliphatic heterocycles. The Morgan fingerprint density at radius 1 is 1.08 bits per heavy atom. The Kier molecular flexibility index (Phi) is 5.46. The summed E-state index contributed by atoms with van der Waals surface area (Å²) < 4.78 is 11.4. The molecule has 10 nitrogen and oxygen atoms in total. The highest BCUT2D eigenvalue weighted by molar-refractivity contribution is 6.32. The van der Waals surface area contributed by atoms with Crippen molar-refractivity contribution in [3.63, 3.8) is 0 Å². The van der Waals surface area contributed by atoms with Crippen LogP contribution in [0.25, 0.3) is 0 Å². The standard InChI is InChI=1S/C26H28O10/c1-11-20(29)15(27)8-16(36-11)12-4-5-13-18(23(12)35-3)21(30)14-6-7-25(33)10-24(2,32)9-17(28)26(25,34)19(14)22(13)31/h4-7,11,15-16,20,27,29,32-34H,8-10H2,1-3H3/t11-,15-,16-,20+,24?,25?,26?/m1/s1. The van der Waals surface area contributed by atoms with Crippen molar-refractivity contribution in [1.82, 2.24) is 0 Å². The molecular weight excluding hydrogens is 472 g/mol. The molecule has 5 rings (SSSR count). The van der Waals surface area contributed by atoms with Crippen LogP contribution >= 0.6 is 0 Å². The van der Waals surface area contributed by atoms with Crippen molar-refractivity contribution >= 4 is 17.3 Å². The number of hydrogen-bond donors (Lipinski definition) is 5. The van der Waals surface area contributed by atoms with E-state index in [1.165, 1.54) is 32.2 Å². The Balaban J connectivity index is 1.64. The number of carbonyl (C=O) groups excluding carboxylic acids is 3. The van der Waals surface area contributed by atoms with Gasteiger partial charge >= 0.3 is 0 Å². The van der Waals surface area contributed by atoms with Gasteiger partial charge in [0, 0.05) is 36.0 Å². The molecule has 0 spiro atoms. The van der Waals surface area contributed by atoms with Crippen LogP contribution in [0.5, 0.6) is 5.75 Å². The average molecular weight is 501 g/mol. The minimum Gasteiger partial charge on any atom is -0.496 e. The molecule has 7 atom stereocenters. The second-order valence-electron chi connectivity index (χ2n) is 10.4. The summed E-state index contributed by atoms with van der Waals surface area (Å²) in [4.78, 5) is 40.5. The Bertz CT molecular complexity index is 1250. The van der Waals surface area contributed by atoms with E-state index in [1.807, 2.05) is 0 Å². The topological polar surface area (TPSA) is 171 Å². The lowest BCUT2D eigenvalue weighted by atomic mass is 9.57. The average Bonchev–Trinajstić information content (AvgIpc) is 2.80. The van der Waals surface area contributed by atoms with Crippen molar-refractivity contribution < 1.29 is 49.4 Å². The van der Waals surface area contributed by atoms with Gasteiger partial charge in [0.25, 0.3) is 0 Å². The van der Waals surface area contributed by atoms with Gasteiger partial charge in [-0.25, -0.2) is 0 Å². The highest BCUT2D eigenvalue weighted by atomic mass is 16.5. The molecule has 1 saturated heterocycles. The minimum absolute atomic E-state index is 0.0256. The monoisotopic (exact) mass is 500 g/mol. The third-order valence-corrected chi connectivity index (χ3v) is 7.77. The van der Waals surface area contributed by atoms with Crippen LogP contribution in [0.4, 0.5) is 0 Å². The lowest BCUT2D eigenvalue weighted by molar-refractivity contribution is -0.183. The summed E-state index contributed by atoms with van der Waals surface area (Å²) in [7, 11) is 1.31. The minimum atomic E-state index is -2.71. The number of ether oxygens (including phenoxy) is 2. The first-order valence-corrected chi connectivity index (χ1v) is 11.7. The van der Waals surface area contributed by atoms with E-state index in [0.717, 1.165) is 6.08 Å². The van der Waals surface area contributed by atoms with Crippen LogP contribution in [0.1, 0.15) is 65.5 Å². The number of carbonyl (C=O) groups is 3. The lowest BCUT2D eigenvalue weighted by Crippen LogP contribution is -2.69. The van der Waals surface area contributed by atoms with E-state index in [4.69, 9.17) is 9.47 Å². The van der Waals surface area contributed by atoms with Gasteiger partial charge in [-0.1, -0.05) is 12.1 Å². The highest BCUT2D eigenvalue weighted by Gasteiger charge is 2.66. The number of hydrogen-bond acceptors (Lipinski definition) is 10. The van der Waals surface area contributed by atoms with Gasteiger partial charge in [-0.15, -0.1) is 0 Å². The fraction of sp³-hybridized carbons (Fsp3) is 0.500. The number of allylic oxidation sites excluding steroid dienone is 2. The Morgan fingerprint density at radius 3 is 2.42 bits per heavy atom. The summed E-state index contributed by atoms with van der Waals surface area (Å²) in [6.07, 6.45) is -2.24. The van der Waals surface area contributed by atoms with Gasteiger partial charge < -0.3 is 35.0 Å². The van der Waals surface area contributed by atoms with Crippen LogP contribution in [0.3, 0.4) is 0 Å². The molecule has 0 aromatic heterocycles. The van der Waals surface area contributed by atoms with Crippen molar-refractivity contribution in [2.75, 3.05) is 7.11 Å². The first-order valence-electron chi connectivity index (χ1n) is 11.7. The van der Waals surface area contributed by atoms with Crippen molar-refractivity contribution in [2.45, 2.75) is 74.3 Å². The molecular formula is C26H28O10. The van der Waals surface area contributed by atoms with Gasteiger partial charge in [-0.05, 0) is 26.0 Å². The maximum atomic E-state index is 13.7. The number of fused-ring (bicyclic) bond motifs is 3. The number of rotatable bonds is 2. The summed E-state index contributed by atoms with van der Waals surface area (Å²) in [5, 5.41) is 53.5. The summed E-state index contributed by atoms with van der Waals surface area (Å²) in [6.45, 7) is 2.95. The molecule has 0 bridgehead atoms.